The largest absolute Gasteiger partial charge is 0.245 e. The zero-order valence-corrected chi connectivity index (χ0v) is 10.8. The maximum Gasteiger partial charge on any atom is 0.243 e. The van der Waals surface area contributed by atoms with Gasteiger partial charge in [-0.3, -0.25) is 0 Å². The van der Waals surface area contributed by atoms with E-state index in [1.165, 1.54) is 0 Å². The molecule has 0 unspecified atom stereocenters. The van der Waals surface area contributed by atoms with Gasteiger partial charge < -0.3 is 0 Å². The first-order valence-electron chi connectivity index (χ1n) is 5.79. The molecule has 1 N–H and O–H groups in total. The minimum Gasteiger partial charge on any atom is -0.245 e. The summed E-state index contributed by atoms with van der Waals surface area (Å²) in [6, 6.07) is 11.1. The number of benzene rings is 1. The molecule has 0 aliphatic rings. The number of nitriles is 1. The van der Waals surface area contributed by atoms with E-state index in [1.807, 2.05) is 32.0 Å². The zero-order valence-electron chi connectivity index (χ0n) is 10.8. The number of nitrogens with zero attached hydrogens (tertiary/aromatic N) is 4. The van der Waals surface area contributed by atoms with Crippen LogP contribution in [0.4, 0.5) is 5.95 Å². The van der Waals surface area contributed by atoms with Crippen LogP contribution in [0.3, 0.4) is 0 Å². The third kappa shape index (κ3) is 3.61. The summed E-state index contributed by atoms with van der Waals surface area (Å²) in [5.41, 5.74) is 6.10. The maximum absolute atomic E-state index is 8.69. The van der Waals surface area contributed by atoms with Crippen LogP contribution < -0.4 is 5.43 Å². The van der Waals surface area contributed by atoms with E-state index >= 15 is 0 Å². The van der Waals surface area contributed by atoms with Crippen LogP contribution in [0.5, 0.6) is 0 Å². The number of aromatic nitrogens is 2. The van der Waals surface area contributed by atoms with E-state index in [2.05, 4.69) is 26.6 Å². The molecule has 2 rings (SSSR count). The van der Waals surface area contributed by atoms with Crippen molar-refractivity contribution in [1.82, 2.24) is 9.97 Å². The van der Waals surface area contributed by atoms with E-state index in [0.717, 1.165) is 17.0 Å². The number of anilines is 1. The predicted octanol–water partition coefficient (Wildman–Crippen LogP) is 2.41. The Balaban J connectivity index is 2.04. The molecule has 0 bridgehead atoms. The van der Waals surface area contributed by atoms with Gasteiger partial charge in [0.1, 0.15) is 0 Å². The quantitative estimate of drug-likeness (QED) is 0.671. The highest BCUT2D eigenvalue weighted by molar-refractivity contribution is 5.80. The first-order chi connectivity index (χ1) is 9.17. The monoisotopic (exact) mass is 251 g/mol. The molecule has 1 heterocycles. The molecule has 19 heavy (non-hydrogen) atoms. The van der Waals surface area contributed by atoms with Gasteiger partial charge in [0, 0.05) is 11.4 Å². The van der Waals surface area contributed by atoms with E-state index in [0.29, 0.717) is 11.5 Å². The molecule has 0 aliphatic heterocycles. The lowest BCUT2D eigenvalue weighted by atomic mass is 10.2. The second kappa shape index (κ2) is 5.74. The second-order valence-corrected chi connectivity index (χ2v) is 4.08. The van der Waals surface area contributed by atoms with Gasteiger partial charge in [-0.1, -0.05) is 12.1 Å². The molecule has 0 aliphatic carbocycles. The SMILES string of the molecule is Cc1cc(C)nc(N/N=C\c2ccc(C#N)cc2)n1. The molecule has 0 radical (unpaired) electrons. The summed E-state index contributed by atoms with van der Waals surface area (Å²) in [5.74, 6) is 0.474. The summed E-state index contributed by atoms with van der Waals surface area (Å²) in [6.07, 6.45) is 1.65. The zero-order chi connectivity index (χ0) is 13.7. The normalized spacial score (nSPS) is 10.4. The van der Waals surface area contributed by atoms with Crippen molar-refractivity contribution in [2.45, 2.75) is 13.8 Å². The number of hydrogen-bond donors (Lipinski definition) is 1. The van der Waals surface area contributed by atoms with Gasteiger partial charge in [-0.25, -0.2) is 15.4 Å². The van der Waals surface area contributed by atoms with Crippen LogP contribution in [-0.2, 0) is 0 Å². The molecule has 0 atom stereocenters. The van der Waals surface area contributed by atoms with Crippen LogP contribution in [0.1, 0.15) is 22.5 Å². The fourth-order valence-electron chi connectivity index (χ4n) is 1.58. The highest BCUT2D eigenvalue weighted by Crippen LogP contribution is 2.04. The molecular formula is C14H13N5. The Kier molecular flexibility index (Phi) is 3.84. The maximum atomic E-state index is 8.69. The molecule has 0 saturated carbocycles. The number of hydrogen-bond acceptors (Lipinski definition) is 5. The molecule has 5 nitrogen and oxygen atoms in total. The second-order valence-electron chi connectivity index (χ2n) is 4.08. The molecule has 5 heteroatoms. The average Bonchev–Trinajstić information content (AvgIpc) is 2.38. The summed E-state index contributed by atoms with van der Waals surface area (Å²) in [7, 11) is 0. The van der Waals surface area contributed by atoms with Crippen LogP contribution in [0.25, 0.3) is 0 Å². The summed E-state index contributed by atoms with van der Waals surface area (Å²) < 4.78 is 0. The average molecular weight is 251 g/mol. The predicted molar refractivity (Wildman–Crippen MR) is 73.9 cm³/mol. The Morgan fingerprint density at radius 2 is 1.79 bits per heavy atom. The standard InChI is InChI=1S/C14H13N5/c1-10-7-11(2)18-14(17-10)19-16-9-13-5-3-12(8-15)4-6-13/h3-7,9H,1-2H3,(H,17,18,19)/b16-9-. The van der Waals surface area contributed by atoms with E-state index in [-0.39, 0.29) is 0 Å². The van der Waals surface area contributed by atoms with Crippen LogP contribution in [0.2, 0.25) is 0 Å². The number of hydrazone groups is 1. The Hall–Kier alpha value is -2.74. The van der Waals surface area contributed by atoms with Crippen LogP contribution in [-0.4, -0.2) is 16.2 Å². The molecular weight excluding hydrogens is 238 g/mol. The Labute approximate surface area is 111 Å². The summed E-state index contributed by atoms with van der Waals surface area (Å²) in [4.78, 5) is 8.43. The van der Waals surface area contributed by atoms with Crippen molar-refractivity contribution >= 4 is 12.2 Å². The van der Waals surface area contributed by atoms with Crippen molar-refractivity contribution in [1.29, 1.82) is 5.26 Å². The Bertz CT molecular complexity index is 618. The van der Waals surface area contributed by atoms with Gasteiger partial charge in [-0.2, -0.15) is 10.4 Å². The highest BCUT2D eigenvalue weighted by Gasteiger charge is 1.96. The molecule has 1 aromatic heterocycles. The minimum absolute atomic E-state index is 0.474. The number of aryl methyl sites for hydroxylation is 2. The van der Waals surface area contributed by atoms with Crippen molar-refractivity contribution in [3.05, 3.63) is 52.8 Å². The molecule has 1 aromatic carbocycles. The minimum atomic E-state index is 0.474. The number of rotatable bonds is 3. The molecule has 94 valence electrons. The van der Waals surface area contributed by atoms with Gasteiger partial charge in [0.25, 0.3) is 0 Å². The van der Waals surface area contributed by atoms with Crippen molar-refractivity contribution < 1.29 is 0 Å². The molecule has 2 aromatic rings. The lowest BCUT2D eigenvalue weighted by molar-refractivity contribution is 1.04. The van der Waals surface area contributed by atoms with E-state index in [4.69, 9.17) is 5.26 Å². The van der Waals surface area contributed by atoms with E-state index < -0.39 is 0 Å². The third-order valence-corrected chi connectivity index (χ3v) is 2.40. The lowest BCUT2D eigenvalue weighted by Gasteiger charge is -2.01. The van der Waals surface area contributed by atoms with Gasteiger partial charge in [-0.05, 0) is 37.6 Å². The Morgan fingerprint density at radius 1 is 1.16 bits per heavy atom. The first kappa shape index (κ1) is 12.7. The van der Waals surface area contributed by atoms with E-state index in [9.17, 15) is 0 Å². The smallest absolute Gasteiger partial charge is 0.243 e. The molecule has 0 fully saturated rings. The summed E-state index contributed by atoms with van der Waals surface area (Å²) >= 11 is 0. The van der Waals surface area contributed by atoms with Crippen molar-refractivity contribution in [3.8, 4) is 6.07 Å². The molecule has 0 amide bonds. The van der Waals surface area contributed by atoms with Gasteiger partial charge in [0.05, 0.1) is 17.8 Å². The fourth-order valence-corrected chi connectivity index (χ4v) is 1.58. The van der Waals surface area contributed by atoms with E-state index in [1.54, 1.807) is 18.3 Å². The third-order valence-electron chi connectivity index (χ3n) is 2.40. The van der Waals surface area contributed by atoms with Crippen molar-refractivity contribution in [2.75, 3.05) is 5.43 Å². The van der Waals surface area contributed by atoms with Crippen LogP contribution in [0.15, 0.2) is 35.4 Å². The first-order valence-corrected chi connectivity index (χ1v) is 5.79. The lowest BCUT2D eigenvalue weighted by Crippen LogP contribution is -1.99. The highest BCUT2D eigenvalue weighted by atomic mass is 15.3. The number of nitrogens with one attached hydrogen (secondary N) is 1. The fraction of sp³-hybridized carbons (Fsp3) is 0.143. The van der Waals surface area contributed by atoms with Crippen LogP contribution in [0, 0.1) is 25.2 Å². The van der Waals surface area contributed by atoms with Gasteiger partial charge in [0.2, 0.25) is 5.95 Å². The van der Waals surface area contributed by atoms with Crippen LogP contribution >= 0.6 is 0 Å². The Morgan fingerprint density at radius 3 is 2.37 bits per heavy atom. The van der Waals surface area contributed by atoms with Gasteiger partial charge in [-0.15, -0.1) is 0 Å². The molecule has 0 saturated heterocycles. The molecule has 0 spiro atoms. The van der Waals surface area contributed by atoms with Crippen molar-refractivity contribution in [3.63, 3.8) is 0 Å². The van der Waals surface area contributed by atoms with Crippen molar-refractivity contribution in [2.24, 2.45) is 5.10 Å². The summed E-state index contributed by atoms with van der Waals surface area (Å²) in [6.45, 7) is 3.81. The topological polar surface area (TPSA) is 74.0 Å². The van der Waals surface area contributed by atoms with Gasteiger partial charge in [0.15, 0.2) is 0 Å². The summed E-state index contributed by atoms with van der Waals surface area (Å²) in [5, 5.41) is 12.8. The van der Waals surface area contributed by atoms with Gasteiger partial charge >= 0.3 is 0 Å².